The fourth-order valence-corrected chi connectivity index (χ4v) is 2.87. The zero-order valence-corrected chi connectivity index (χ0v) is 16.4. The van der Waals surface area contributed by atoms with Crippen molar-refractivity contribution in [3.05, 3.63) is 47.0 Å². The second kappa shape index (κ2) is 8.81. The number of azo groups is 1. The summed E-state index contributed by atoms with van der Waals surface area (Å²) in [6, 6.07) is 8.14. The summed E-state index contributed by atoms with van der Waals surface area (Å²) < 4.78 is 35.7. The predicted molar refractivity (Wildman–Crippen MR) is 106 cm³/mol. The van der Waals surface area contributed by atoms with E-state index in [1.54, 1.807) is 37.3 Å². The van der Waals surface area contributed by atoms with E-state index in [0.717, 1.165) is 11.1 Å². The van der Waals surface area contributed by atoms with Crippen LogP contribution in [-0.2, 0) is 10.1 Å². The van der Waals surface area contributed by atoms with Gasteiger partial charge in [-0.25, -0.2) is 0 Å². The number of rotatable bonds is 8. The summed E-state index contributed by atoms with van der Waals surface area (Å²) in [4.78, 5) is 11.2. The summed E-state index contributed by atoms with van der Waals surface area (Å²) in [6.07, 6.45) is 0.119. The molecule has 0 aliphatic heterocycles. The van der Waals surface area contributed by atoms with Gasteiger partial charge in [-0.05, 0) is 55.7 Å². The van der Waals surface area contributed by atoms with Crippen molar-refractivity contribution in [1.82, 2.24) is 0 Å². The largest absolute Gasteiger partial charge is 0.491 e. The van der Waals surface area contributed by atoms with Gasteiger partial charge in [0.1, 0.15) is 5.75 Å². The second-order valence-electron chi connectivity index (χ2n) is 6.23. The Labute approximate surface area is 163 Å². The van der Waals surface area contributed by atoms with E-state index in [0.29, 0.717) is 28.4 Å². The SMILES string of the molecule is Cc1cc(C(N)=O)ccc1N=Nc1cc(OCCCS(=O)(=O)O)c(N)cc1C. The highest BCUT2D eigenvalue weighted by Crippen LogP contribution is 2.32. The van der Waals surface area contributed by atoms with Gasteiger partial charge in [-0.15, -0.1) is 0 Å². The Kier molecular flexibility index (Phi) is 6.71. The van der Waals surface area contributed by atoms with E-state index in [-0.39, 0.29) is 13.0 Å². The van der Waals surface area contributed by atoms with E-state index in [1.807, 2.05) is 6.92 Å². The number of amides is 1. The lowest BCUT2D eigenvalue weighted by atomic mass is 10.1. The fourth-order valence-electron chi connectivity index (χ4n) is 2.38. The highest BCUT2D eigenvalue weighted by Gasteiger charge is 2.09. The van der Waals surface area contributed by atoms with Crippen LogP contribution in [0.2, 0.25) is 0 Å². The number of hydrogen-bond acceptors (Lipinski definition) is 7. The molecular formula is C18H22N4O5S. The summed E-state index contributed by atoms with van der Waals surface area (Å²) in [5, 5.41) is 8.42. The van der Waals surface area contributed by atoms with Crippen molar-refractivity contribution in [2.75, 3.05) is 18.1 Å². The third kappa shape index (κ3) is 6.03. The first kappa shape index (κ1) is 21.3. The number of nitrogen functional groups attached to an aromatic ring is 1. The van der Waals surface area contributed by atoms with E-state index in [4.69, 9.17) is 20.8 Å². The van der Waals surface area contributed by atoms with Crippen molar-refractivity contribution in [3.63, 3.8) is 0 Å². The minimum Gasteiger partial charge on any atom is -0.491 e. The number of carbonyl (C=O) groups excluding carboxylic acids is 1. The van der Waals surface area contributed by atoms with Gasteiger partial charge in [-0.1, -0.05) is 0 Å². The van der Waals surface area contributed by atoms with Crippen LogP contribution in [0.5, 0.6) is 5.75 Å². The molecule has 0 saturated heterocycles. The van der Waals surface area contributed by atoms with E-state index >= 15 is 0 Å². The number of ether oxygens (including phenoxy) is 1. The summed E-state index contributed by atoms with van der Waals surface area (Å²) in [5.74, 6) is -0.571. The molecule has 0 aliphatic rings. The standard InChI is InChI=1S/C18H22N4O5S/c1-11-8-13(18(20)23)4-5-15(11)21-22-16-10-17(14(19)9-12(16)2)27-6-3-7-28(24,25)26/h4-5,8-10H,3,6-7,19H2,1-2H3,(H2,20,23)(H,24,25,26). The van der Waals surface area contributed by atoms with Gasteiger partial charge in [-0.2, -0.15) is 18.6 Å². The van der Waals surface area contributed by atoms with Crippen molar-refractivity contribution < 1.29 is 22.5 Å². The number of nitrogens with two attached hydrogens (primary N) is 2. The molecule has 28 heavy (non-hydrogen) atoms. The number of benzene rings is 2. The van der Waals surface area contributed by atoms with Gasteiger partial charge in [-0.3, -0.25) is 9.35 Å². The maximum Gasteiger partial charge on any atom is 0.264 e. The van der Waals surface area contributed by atoms with Crippen LogP contribution < -0.4 is 16.2 Å². The molecule has 1 amide bonds. The molecule has 0 bridgehead atoms. The van der Waals surface area contributed by atoms with Crippen LogP contribution in [0.3, 0.4) is 0 Å². The zero-order valence-electron chi connectivity index (χ0n) is 15.5. The second-order valence-corrected chi connectivity index (χ2v) is 7.80. The Bertz CT molecular complexity index is 1020. The van der Waals surface area contributed by atoms with Gasteiger partial charge in [0.05, 0.1) is 29.4 Å². The fraction of sp³-hybridized carbons (Fsp3) is 0.278. The first-order chi connectivity index (χ1) is 13.1. The molecule has 0 aromatic heterocycles. The van der Waals surface area contributed by atoms with Crippen molar-refractivity contribution in [2.24, 2.45) is 16.0 Å². The molecule has 2 aromatic carbocycles. The molecule has 5 N–H and O–H groups in total. The number of primary amides is 1. The summed E-state index contributed by atoms with van der Waals surface area (Å²) in [6.45, 7) is 3.67. The highest BCUT2D eigenvalue weighted by molar-refractivity contribution is 7.85. The molecule has 2 rings (SSSR count). The van der Waals surface area contributed by atoms with Gasteiger partial charge in [0.25, 0.3) is 10.1 Å². The molecule has 10 heteroatoms. The molecule has 0 saturated carbocycles. The van der Waals surface area contributed by atoms with Crippen LogP contribution in [0.1, 0.15) is 27.9 Å². The molecule has 0 heterocycles. The molecule has 0 aliphatic carbocycles. The quantitative estimate of drug-likeness (QED) is 0.264. The minimum atomic E-state index is -4.03. The Balaban J connectivity index is 2.17. The van der Waals surface area contributed by atoms with Crippen molar-refractivity contribution in [1.29, 1.82) is 0 Å². The van der Waals surface area contributed by atoms with Gasteiger partial charge in [0, 0.05) is 11.6 Å². The molecule has 0 radical (unpaired) electrons. The lowest BCUT2D eigenvalue weighted by Gasteiger charge is -2.11. The summed E-state index contributed by atoms with van der Waals surface area (Å²) >= 11 is 0. The van der Waals surface area contributed by atoms with E-state index in [2.05, 4.69) is 10.2 Å². The molecular weight excluding hydrogens is 384 g/mol. The highest BCUT2D eigenvalue weighted by atomic mass is 32.2. The van der Waals surface area contributed by atoms with Crippen molar-refractivity contribution in [3.8, 4) is 5.75 Å². The summed E-state index contributed by atoms with van der Waals surface area (Å²) in [7, 11) is -4.03. The monoisotopic (exact) mass is 406 g/mol. The maximum absolute atomic E-state index is 11.2. The van der Waals surface area contributed by atoms with Crippen LogP contribution in [0, 0.1) is 13.8 Å². The number of hydrogen-bond donors (Lipinski definition) is 3. The Morgan fingerprint density at radius 3 is 2.36 bits per heavy atom. The third-order valence-electron chi connectivity index (χ3n) is 3.88. The lowest BCUT2D eigenvalue weighted by molar-refractivity contribution is 0.1000. The number of carbonyl (C=O) groups is 1. The molecule has 0 unspecified atom stereocenters. The average molecular weight is 406 g/mol. The van der Waals surface area contributed by atoms with Crippen molar-refractivity contribution >= 4 is 33.1 Å². The number of nitrogens with zero attached hydrogens (tertiary/aromatic N) is 2. The molecule has 150 valence electrons. The van der Waals surface area contributed by atoms with E-state index < -0.39 is 21.8 Å². The molecule has 0 spiro atoms. The van der Waals surface area contributed by atoms with Gasteiger partial charge in [0.2, 0.25) is 5.91 Å². The number of anilines is 1. The van der Waals surface area contributed by atoms with Crippen molar-refractivity contribution in [2.45, 2.75) is 20.3 Å². The first-order valence-corrected chi connectivity index (χ1v) is 9.98. The smallest absolute Gasteiger partial charge is 0.264 e. The van der Waals surface area contributed by atoms with Crippen LogP contribution in [-0.4, -0.2) is 31.2 Å². The molecule has 9 nitrogen and oxygen atoms in total. The molecule has 2 aromatic rings. The Hall–Kier alpha value is -2.98. The van der Waals surface area contributed by atoms with Crippen LogP contribution in [0.4, 0.5) is 17.1 Å². The predicted octanol–water partition coefficient (Wildman–Crippen LogP) is 3.06. The Morgan fingerprint density at radius 1 is 1.11 bits per heavy atom. The Morgan fingerprint density at radius 2 is 1.75 bits per heavy atom. The normalized spacial score (nSPS) is 11.7. The topological polar surface area (TPSA) is 157 Å². The third-order valence-corrected chi connectivity index (χ3v) is 4.68. The van der Waals surface area contributed by atoms with Crippen LogP contribution >= 0.6 is 0 Å². The van der Waals surface area contributed by atoms with E-state index in [1.165, 1.54) is 0 Å². The minimum absolute atomic E-state index is 0.0668. The first-order valence-electron chi connectivity index (χ1n) is 8.37. The lowest BCUT2D eigenvalue weighted by Crippen LogP contribution is -2.10. The number of aryl methyl sites for hydroxylation is 2. The van der Waals surface area contributed by atoms with E-state index in [9.17, 15) is 13.2 Å². The molecule has 0 fully saturated rings. The van der Waals surface area contributed by atoms with Gasteiger partial charge >= 0.3 is 0 Å². The van der Waals surface area contributed by atoms with Crippen LogP contribution in [0.15, 0.2) is 40.6 Å². The summed E-state index contributed by atoms with van der Waals surface area (Å²) in [5.41, 5.74) is 14.6. The average Bonchev–Trinajstić information content (AvgIpc) is 2.59. The molecule has 0 atom stereocenters. The van der Waals surface area contributed by atoms with Gasteiger partial charge < -0.3 is 16.2 Å². The van der Waals surface area contributed by atoms with Crippen LogP contribution in [0.25, 0.3) is 0 Å². The van der Waals surface area contributed by atoms with Gasteiger partial charge in [0.15, 0.2) is 0 Å². The maximum atomic E-state index is 11.2. The zero-order chi connectivity index (χ0) is 20.9.